The smallest absolute Gasteiger partial charge is 0.0907 e. The van der Waals surface area contributed by atoms with Crippen LogP contribution in [0.2, 0.25) is 0 Å². The zero-order chi connectivity index (χ0) is 12.5. The van der Waals surface area contributed by atoms with Crippen molar-refractivity contribution >= 4 is 34.0 Å². The predicted octanol–water partition coefficient (Wildman–Crippen LogP) is 2.82. The molecule has 0 spiro atoms. The Bertz CT molecular complexity index is 555. The fourth-order valence-electron chi connectivity index (χ4n) is 2.54. The fourth-order valence-corrected chi connectivity index (χ4v) is 3.43. The number of aryl methyl sites for hydroxylation is 1. The molecule has 0 saturated carbocycles. The van der Waals surface area contributed by atoms with E-state index in [-0.39, 0.29) is 12.4 Å². The minimum absolute atomic E-state index is 0. The molecule has 0 amide bonds. The molecular weight excluding hydrogens is 278 g/mol. The van der Waals surface area contributed by atoms with Gasteiger partial charge in [-0.05, 0) is 31.5 Å². The van der Waals surface area contributed by atoms with Gasteiger partial charge in [-0.1, -0.05) is 6.07 Å². The molecule has 1 aliphatic heterocycles. The molecule has 104 valence electrons. The van der Waals surface area contributed by atoms with E-state index in [0.717, 1.165) is 36.7 Å². The minimum atomic E-state index is 0. The van der Waals surface area contributed by atoms with Crippen molar-refractivity contribution in [2.45, 2.75) is 26.4 Å². The van der Waals surface area contributed by atoms with Crippen molar-refractivity contribution in [3.63, 3.8) is 0 Å². The van der Waals surface area contributed by atoms with E-state index in [4.69, 9.17) is 0 Å². The first-order chi connectivity index (χ1) is 8.72. The van der Waals surface area contributed by atoms with E-state index in [2.05, 4.69) is 47.2 Å². The number of benzene rings is 1. The second kappa shape index (κ2) is 6.18. The van der Waals surface area contributed by atoms with Crippen LogP contribution in [0.1, 0.15) is 17.5 Å². The van der Waals surface area contributed by atoms with Crippen molar-refractivity contribution in [2.24, 2.45) is 0 Å². The first-order valence-corrected chi connectivity index (χ1v) is 7.35. The summed E-state index contributed by atoms with van der Waals surface area (Å²) in [7, 11) is 0. The van der Waals surface area contributed by atoms with Crippen LogP contribution in [0, 0.1) is 6.92 Å². The van der Waals surface area contributed by atoms with Crippen LogP contribution in [0.5, 0.6) is 0 Å². The standard InChI is InChI=1S/C14H19N3S.ClH/c1-10-8-15-5-6-17(10)9-12-3-4-13-14(7-12)18-11(2)16-13;/h3-4,7,10,15H,5-6,8-9H2,1-2H3;1H. The van der Waals surface area contributed by atoms with Gasteiger partial charge in [-0.3, -0.25) is 4.90 Å². The van der Waals surface area contributed by atoms with Crippen molar-refractivity contribution in [3.05, 3.63) is 28.8 Å². The van der Waals surface area contributed by atoms with Gasteiger partial charge >= 0.3 is 0 Å². The van der Waals surface area contributed by atoms with E-state index in [1.54, 1.807) is 11.3 Å². The number of hydrogen-bond donors (Lipinski definition) is 1. The van der Waals surface area contributed by atoms with Crippen LogP contribution in [0.15, 0.2) is 18.2 Å². The molecule has 2 heterocycles. The number of nitrogens with one attached hydrogen (secondary N) is 1. The van der Waals surface area contributed by atoms with Crippen molar-refractivity contribution in [2.75, 3.05) is 19.6 Å². The number of fused-ring (bicyclic) bond motifs is 1. The van der Waals surface area contributed by atoms with E-state index >= 15 is 0 Å². The molecule has 1 atom stereocenters. The summed E-state index contributed by atoms with van der Waals surface area (Å²) in [6.45, 7) is 8.76. The normalized spacial score (nSPS) is 20.4. The van der Waals surface area contributed by atoms with E-state index in [1.165, 1.54) is 10.3 Å². The minimum Gasteiger partial charge on any atom is -0.314 e. The predicted molar refractivity (Wildman–Crippen MR) is 84.3 cm³/mol. The molecular formula is C14H20ClN3S. The Morgan fingerprint density at radius 3 is 3.11 bits per heavy atom. The highest BCUT2D eigenvalue weighted by atomic mass is 35.5. The van der Waals surface area contributed by atoms with Crippen molar-refractivity contribution in [1.29, 1.82) is 0 Å². The maximum atomic E-state index is 4.51. The van der Waals surface area contributed by atoms with Gasteiger partial charge in [0, 0.05) is 32.2 Å². The van der Waals surface area contributed by atoms with Gasteiger partial charge in [0.15, 0.2) is 0 Å². The van der Waals surface area contributed by atoms with Crippen LogP contribution < -0.4 is 5.32 Å². The third-order valence-electron chi connectivity index (χ3n) is 3.58. The van der Waals surface area contributed by atoms with Gasteiger partial charge in [0.25, 0.3) is 0 Å². The third-order valence-corrected chi connectivity index (χ3v) is 4.52. The number of aromatic nitrogens is 1. The topological polar surface area (TPSA) is 28.2 Å². The molecule has 3 nitrogen and oxygen atoms in total. The Hall–Kier alpha value is -0.680. The van der Waals surface area contributed by atoms with Gasteiger partial charge in [-0.25, -0.2) is 4.98 Å². The summed E-state index contributed by atoms with van der Waals surface area (Å²) in [5.41, 5.74) is 2.54. The van der Waals surface area contributed by atoms with Crippen LogP contribution in [-0.4, -0.2) is 35.6 Å². The molecule has 1 aromatic carbocycles. The second-order valence-corrected chi connectivity index (χ2v) is 6.29. The van der Waals surface area contributed by atoms with E-state index in [1.807, 2.05) is 0 Å². The first-order valence-electron chi connectivity index (χ1n) is 6.53. The van der Waals surface area contributed by atoms with Gasteiger partial charge in [-0.15, -0.1) is 23.7 Å². The maximum absolute atomic E-state index is 4.51. The number of hydrogen-bond acceptors (Lipinski definition) is 4. The lowest BCUT2D eigenvalue weighted by atomic mass is 10.1. The molecule has 3 rings (SSSR count). The molecule has 0 radical (unpaired) electrons. The van der Waals surface area contributed by atoms with E-state index < -0.39 is 0 Å². The Labute approximate surface area is 124 Å². The quantitative estimate of drug-likeness (QED) is 0.924. The molecule has 2 aromatic rings. The van der Waals surface area contributed by atoms with Crippen LogP contribution in [-0.2, 0) is 6.54 Å². The number of halogens is 1. The van der Waals surface area contributed by atoms with Crippen LogP contribution in [0.4, 0.5) is 0 Å². The van der Waals surface area contributed by atoms with Gasteiger partial charge in [0.1, 0.15) is 0 Å². The molecule has 1 unspecified atom stereocenters. The molecule has 19 heavy (non-hydrogen) atoms. The second-order valence-electron chi connectivity index (χ2n) is 5.06. The maximum Gasteiger partial charge on any atom is 0.0907 e. The summed E-state index contributed by atoms with van der Waals surface area (Å²) in [6, 6.07) is 7.30. The number of thiazole rings is 1. The number of rotatable bonds is 2. The zero-order valence-electron chi connectivity index (χ0n) is 11.3. The Kier molecular flexibility index (Phi) is 4.79. The number of piperazine rings is 1. The summed E-state index contributed by atoms with van der Waals surface area (Å²) in [4.78, 5) is 7.06. The highest BCUT2D eigenvalue weighted by molar-refractivity contribution is 7.18. The monoisotopic (exact) mass is 297 g/mol. The largest absolute Gasteiger partial charge is 0.314 e. The summed E-state index contributed by atoms with van der Waals surface area (Å²) in [5.74, 6) is 0. The highest BCUT2D eigenvalue weighted by Gasteiger charge is 2.17. The van der Waals surface area contributed by atoms with E-state index in [0.29, 0.717) is 6.04 Å². The highest BCUT2D eigenvalue weighted by Crippen LogP contribution is 2.23. The lowest BCUT2D eigenvalue weighted by molar-refractivity contribution is 0.166. The lowest BCUT2D eigenvalue weighted by Gasteiger charge is -2.33. The summed E-state index contributed by atoms with van der Waals surface area (Å²) < 4.78 is 1.31. The Morgan fingerprint density at radius 1 is 1.47 bits per heavy atom. The fraction of sp³-hybridized carbons (Fsp3) is 0.500. The van der Waals surface area contributed by atoms with Gasteiger partial charge in [0.2, 0.25) is 0 Å². The average Bonchev–Trinajstić information content (AvgIpc) is 2.71. The summed E-state index contributed by atoms with van der Waals surface area (Å²) in [6.07, 6.45) is 0. The number of nitrogens with zero attached hydrogens (tertiary/aromatic N) is 2. The van der Waals surface area contributed by atoms with Gasteiger partial charge in [0.05, 0.1) is 15.2 Å². The van der Waals surface area contributed by atoms with Crippen molar-refractivity contribution < 1.29 is 0 Å². The van der Waals surface area contributed by atoms with Crippen LogP contribution in [0.25, 0.3) is 10.2 Å². The first kappa shape index (κ1) is 14.7. The van der Waals surface area contributed by atoms with Crippen LogP contribution in [0.3, 0.4) is 0 Å². The van der Waals surface area contributed by atoms with E-state index in [9.17, 15) is 0 Å². The van der Waals surface area contributed by atoms with Crippen molar-refractivity contribution in [3.8, 4) is 0 Å². The zero-order valence-corrected chi connectivity index (χ0v) is 13.0. The molecule has 0 aliphatic carbocycles. The lowest BCUT2D eigenvalue weighted by Crippen LogP contribution is -2.49. The summed E-state index contributed by atoms with van der Waals surface area (Å²) in [5, 5.41) is 4.58. The van der Waals surface area contributed by atoms with Gasteiger partial charge in [-0.2, -0.15) is 0 Å². The summed E-state index contributed by atoms with van der Waals surface area (Å²) >= 11 is 1.79. The van der Waals surface area contributed by atoms with Gasteiger partial charge < -0.3 is 5.32 Å². The molecule has 1 saturated heterocycles. The SMILES string of the molecule is Cc1nc2ccc(CN3CCNCC3C)cc2s1.Cl. The molecule has 1 N–H and O–H groups in total. The van der Waals surface area contributed by atoms with Crippen molar-refractivity contribution in [1.82, 2.24) is 15.2 Å². The molecule has 0 bridgehead atoms. The Morgan fingerprint density at radius 2 is 2.32 bits per heavy atom. The molecule has 1 aliphatic rings. The molecule has 5 heteroatoms. The molecule has 1 aromatic heterocycles. The average molecular weight is 298 g/mol. The van der Waals surface area contributed by atoms with Crippen LogP contribution >= 0.6 is 23.7 Å². The third kappa shape index (κ3) is 3.26. The Balaban J connectivity index is 0.00000133. The molecule has 1 fully saturated rings.